The van der Waals surface area contributed by atoms with Crippen molar-refractivity contribution in [3.63, 3.8) is 0 Å². The number of carbonyl (C=O) groups excluding carboxylic acids is 1. The maximum absolute atomic E-state index is 12.1. The first-order valence-electron chi connectivity index (χ1n) is 7.32. The molecule has 0 saturated carbocycles. The number of anilines is 1. The zero-order valence-corrected chi connectivity index (χ0v) is 13.2. The lowest BCUT2D eigenvalue weighted by atomic mass is 10.1. The van der Waals surface area contributed by atoms with E-state index in [0.717, 1.165) is 16.7 Å². The number of amides is 1. The average molecular weight is 311 g/mol. The number of aromatic nitrogens is 4. The molecule has 0 unspecified atom stereocenters. The summed E-state index contributed by atoms with van der Waals surface area (Å²) in [5.74, 6) is -0.00934. The molecule has 0 aliphatic carbocycles. The third kappa shape index (κ3) is 3.13. The summed E-state index contributed by atoms with van der Waals surface area (Å²) in [7, 11) is 0. The van der Waals surface area contributed by atoms with E-state index in [9.17, 15) is 4.79 Å². The van der Waals surface area contributed by atoms with Crippen molar-refractivity contribution in [2.24, 2.45) is 0 Å². The van der Waals surface area contributed by atoms with E-state index in [0.29, 0.717) is 18.1 Å². The van der Waals surface area contributed by atoms with Crippen molar-refractivity contribution in [3.8, 4) is 11.5 Å². The smallest absolute Gasteiger partial charge is 0.322 e. The van der Waals surface area contributed by atoms with Gasteiger partial charge in [-0.1, -0.05) is 22.8 Å². The van der Waals surface area contributed by atoms with Gasteiger partial charge in [-0.15, -0.1) is 5.10 Å². The van der Waals surface area contributed by atoms with Crippen LogP contribution in [0.1, 0.15) is 28.5 Å². The molecule has 1 aromatic carbocycles. The van der Waals surface area contributed by atoms with Crippen molar-refractivity contribution >= 4 is 11.9 Å². The van der Waals surface area contributed by atoms with Gasteiger partial charge in [0.05, 0.1) is 0 Å². The number of carbonyl (C=O) groups is 1. The van der Waals surface area contributed by atoms with Crippen molar-refractivity contribution in [2.45, 2.75) is 27.3 Å². The van der Waals surface area contributed by atoms with Gasteiger partial charge in [-0.2, -0.15) is 5.10 Å². The summed E-state index contributed by atoms with van der Waals surface area (Å²) in [6, 6.07) is 7.63. The highest BCUT2D eigenvalue weighted by atomic mass is 16.4. The molecule has 7 heteroatoms. The molecule has 0 radical (unpaired) electrons. The Kier molecular flexibility index (Phi) is 3.92. The second kappa shape index (κ2) is 6.04. The molecule has 0 saturated heterocycles. The lowest BCUT2D eigenvalue weighted by molar-refractivity contribution is 0.101. The van der Waals surface area contributed by atoms with Crippen molar-refractivity contribution in [3.05, 3.63) is 47.3 Å². The molecular weight excluding hydrogens is 294 g/mol. The molecule has 1 N–H and O–H groups in total. The summed E-state index contributed by atoms with van der Waals surface area (Å²) in [5.41, 5.74) is 3.34. The number of hydrogen-bond donors (Lipinski definition) is 1. The Bertz CT molecular complexity index is 850. The highest BCUT2D eigenvalue weighted by molar-refractivity contribution is 6.01. The molecule has 0 aliphatic heterocycles. The molecule has 7 nitrogen and oxygen atoms in total. The molecule has 23 heavy (non-hydrogen) atoms. The molecular formula is C16H17N5O2. The molecule has 0 fully saturated rings. The second-order valence-electron chi connectivity index (χ2n) is 5.24. The maximum atomic E-state index is 12.1. The van der Waals surface area contributed by atoms with Gasteiger partial charge in [-0.3, -0.25) is 14.8 Å². The van der Waals surface area contributed by atoms with Gasteiger partial charge in [-0.25, -0.2) is 0 Å². The van der Waals surface area contributed by atoms with Crippen molar-refractivity contribution in [1.82, 2.24) is 20.0 Å². The predicted molar refractivity (Wildman–Crippen MR) is 85.1 cm³/mol. The number of hydrogen-bond acceptors (Lipinski definition) is 5. The van der Waals surface area contributed by atoms with Gasteiger partial charge < -0.3 is 4.42 Å². The van der Waals surface area contributed by atoms with E-state index in [1.165, 1.54) is 0 Å². The van der Waals surface area contributed by atoms with Crippen molar-refractivity contribution in [1.29, 1.82) is 0 Å². The molecule has 118 valence electrons. The summed E-state index contributed by atoms with van der Waals surface area (Å²) < 4.78 is 7.20. The molecule has 0 aliphatic rings. The lowest BCUT2D eigenvalue weighted by Crippen LogP contribution is -2.13. The maximum Gasteiger partial charge on any atom is 0.322 e. The number of nitrogens with one attached hydrogen (secondary N) is 1. The van der Waals surface area contributed by atoms with E-state index in [1.54, 1.807) is 16.9 Å². The standard InChI is InChI=1S/C16H17N5O2/c1-4-21-8-7-13(20-21)14(22)17-16-19-18-15(23-16)12-6-5-10(2)9-11(12)3/h5-9H,4H2,1-3H3,(H,17,19,22). The van der Waals surface area contributed by atoms with Crippen LogP contribution in [0, 0.1) is 13.8 Å². The fraction of sp³-hybridized carbons (Fsp3) is 0.250. The largest absolute Gasteiger partial charge is 0.403 e. The van der Waals surface area contributed by atoms with Crippen LogP contribution in [0.4, 0.5) is 6.01 Å². The van der Waals surface area contributed by atoms with E-state index in [-0.39, 0.29) is 11.9 Å². The minimum atomic E-state index is -0.381. The number of benzene rings is 1. The second-order valence-corrected chi connectivity index (χ2v) is 5.24. The molecule has 0 bridgehead atoms. The van der Waals surface area contributed by atoms with Crippen LogP contribution in [0.15, 0.2) is 34.9 Å². The van der Waals surface area contributed by atoms with Crippen LogP contribution < -0.4 is 5.32 Å². The van der Waals surface area contributed by atoms with Crippen LogP contribution in [0.5, 0.6) is 0 Å². The molecule has 2 aromatic heterocycles. The van der Waals surface area contributed by atoms with Gasteiger partial charge in [-0.05, 0) is 38.5 Å². The molecule has 2 heterocycles. The van der Waals surface area contributed by atoms with E-state index >= 15 is 0 Å². The Morgan fingerprint density at radius 1 is 1.26 bits per heavy atom. The highest BCUT2D eigenvalue weighted by Crippen LogP contribution is 2.24. The Balaban J connectivity index is 1.78. The quantitative estimate of drug-likeness (QED) is 0.800. The Morgan fingerprint density at radius 3 is 2.78 bits per heavy atom. The predicted octanol–water partition coefficient (Wildman–Crippen LogP) is 2.82. The fourth-order valence-corrected chi connectivity index (χ4v) is 2.26. The highest BCUT2D eigenvalue weighted by Gasteiger charge is 2.15. The molecule has 1 amide bonds. The summed E-state index contributed by atoms with van der Waals surface area (Å²) >= 11 is 0. The lowest BCUT2D eigenvalue weighted by Gasteiger charge is -2.01. The number of aryl methyl sites for hydroxylation is 3. The Hall–Kier alpha value is -2.96. The number of rotatable bonds is 4. The van der Waals surface area contributed by atoms with Gasteiger partial charge >= 0.3 is 6.01 Å². The summed E-state index contributed by atoms with van der Waals surface area (Å²) in [6.45, 7) is 6.64. The molecule has 0 spiro atoms. The Morgan fingerprint density at radius 2 is 2.09 bits per heavy atom. The number of nitrogens with zero attached hydrogens (tertiary/aromatic N) is 4. The zero-order chi connectivity index (χ0) is 16.4. The fourth-order valence-electron chi connectivity index (χ4n) is 2.26. The summed E-state index contributed by atoms with van der Waals surface area (Å²) in [5, 5.41) is 14.5. The minimum absolute atomic E-state index is 0.0519. The summed E-state index contributed by atoms with van der Waals surface area (Å²) in [4.78, 5) is 12.1. The van der Waals surface area contributed by atoms with Crippen LogP contribution in [0.25, 0.3) is 11.5 Å². The van der Waals surface area contributed by atoms with Crippen LogP contribution in [0.2, 0.25) is 0 Å². The normalized spacial score (nSPS) is 10.7. The zero-order valence-electron chi connectivity index (χ0n) is 13.2. The van der Waals surface area contributed by atoms with Crippen molar-refractivity contribution < 1.29 is 9.21 Å². The SMILES string of the molecule is CCn1ccc(C(=O)Nc2nnc(-c3ccc(C)cc3C)o2)n1. The molecule has 0 atom stereocenters. The van der Waals surface area contributed by atoms with Gasteiger partial charge in [0.2, 0.25) is 5.89 Å². The monoisotopic (exact) mass is 311 g/mol. The van der Waals surface area contributed by atoms with E-state index in [1.807, 2.05) is 39.0 Å². The Labute approximate surface area is 133 Å². The van der Waals surface area contributed by atoms with Crippen LogP contribution in [-0.4, -0.2) is 25.9 Å². The first-order valence-corrected chi connectivity index (χ1v) is 7.32. The molecule has 3 rings (SSSR count). The van der Waals surface area contributed by atoms with E-state index < -0.39 is 0 Å². The van der Waals surface area contributed by atoms with Gasteiger partial charge in [0.25, 0.3) is 5.91 Å². The summed E-state index contributed by atoms with van der Waals surface area (Å²) in [6.07, 6.45) is 1.74. The van der Waals surface area contributed by atoms with Crippen molar-refractivity contribution in [2.75, 3.05) is 5.32 Å². The van der Waals surface area contributed by atoms with Crippen LogP contribution in [0.3, 0.4) is 0 Å². The average Bonchev–Trinajstić information content (AvgIpc) is 3.16. The first kappa shape index (κ1) is 15.0. The van der Waals surface area contributed by atoms with Crippen LogP contribution >= 0.6 is 0 Å². The van der Waals surface area contributed by atoms with E-state index in [2.05, 4.69) is 20.6 Å². The minimum Gasteiger partial charge on any atom is -0.403 e. The third-order valence-corrected chi connectivity index (χ3v) is 3.46. The van der Waals surface area contributed by atoms with E-state index in [4.69, 9.17) is 4.42 Å². The van der Waals surface area contributed by atoms with Gasteiger partial charge in [0.15, 0.2) is 5.69 Å². The van der Waals surface area contributed by atoms with Gasteiger partial charge in [0.1, 0.15) is 0 Å². The van der Waals surface area contributed by atoms with Gasteiger partial charge in [0, 0.05) is 18.3 Å². The first-order chi connectivity index (χ1) is 11.1. The topological polar surface area (TPSA) is 85.8 Å². The third-order valence-electron chi connectivity index (χ3n) is 3.46. The molecule has 3 aromatic rings. The van der Waals surface area contributed by atoms with Crippen LogP contribution in [-0.2, 0) is 6.54 Å².